The molecule has 5 heteroatoms. The van der Waals surface area contributed by atoms with Gasteiger partial charge in [0, 0.05) is 24.6 Å². The molecule has 0 radical (unpaired) electrons. The molecule has 1 aromatic heterocycles. The van der Waals surface area contributed by atoms with E-state index in [1.165, 1.54) is 0 Å². The molecule has 1 aliphatic rings. The van der Waals surface area contributed by atoms with E-state index >= 15 is 0 Å². The van der Waals surface area contributed by atoms with E-state index in [1.54, 1.807) is 34.3 Å². The van der Waals surface area contributed by atoms with Gasteiger partial charge in [0.25, 0.3) is 5.91 Å². The molecule has 2 amide bonds. The molecule has 3 aromatic rings. The first-order chi connectivity index (χ1) is 13.2. The zero-order valence-electron chi connectivity index (χ0n) is 14.7. The molecular weight excluding hydrogens is 338 g/mol. The van der Waals surface area contributed by atoms with Crippen LogP contribution in [0.3, 0.4) is 0 Å². The Balaban J connectivity index is 1.73. The maximum Gasteiger partial charge on any atom is 0.254 e. The second-order valence-corrected chi connectivity index (χ2v) is 6.45. The lowest BCUT2D eigenvalue weighted by Gasteiger charge is -2.40. The number of hydrogen-bond acceptors (Lipinski definition) is 3. The van der Waals surface area contributed by atoms with Crippen LogP contribution in [0.5, 0.6) is 0 Å². The van der Waals surface area contributed by atoms with E-state index < -0.39 is 6.04 Å². The maximum absolute atomic E-state index is 13.4. The third-order valence-corrected chi connectivity index (χ3v) is 4.71. The third-order valence-electron chi connectivity index (χ3n) is 4.71. The van der Waals surface area contributed by atoms with Crippen LogP contribution >= 0.6 is 0 Å². The van der Waals surface area contributed by atoms with Crippen LogP contribution in [-0.4, -0.2) is 28.2 Å². The Bertz CT molecular complexity index is 930. The Kier molecular flexibility index (Phi) is 4.66. The van der Waals surface area contributed by atoms with Crippen molar-refractivity contribution in [3.63, 3.8) is 0 Å². The molecule has 0 spiro atoms. The fourth-order valence-electron chi connectivity index (χ4n) is 3.38. The van der Waals surface area contributed by atoms with Crippen molar-refractivity contribution in [2.45, 2.75) is 12.6 Å². The van der Waals surface area contributed by atoms with E-state index in [0.29, 0.717) is 6.54 Å². The van der Waals surface area contributed by atoms with Gasteiger partial charge in [-0.2, -0.15) is 0 Å². The Hall–Kier alpha value is -3.47. The number of hydrogen-bond donors (Lipinski definition) is 0. The van der Waals surface area contributed by atoms with E-state index in [-0.39, 0.29) is 18.4 Å². The molecule has 27 heavy (non-hydrogen) atoms. The van der Waals surface area contributed by atoms with Gasteiger partial charge in [0.2, 0.25) is 5.91 Å². The number of carbonyl (C=O) groups is 2. The van der Waals surface area contributed by atoms with Crippen molar-refractivity contribution in [1.29, 1.82) is 0 Å². The SMILES string of the molecule is O=C1[C@@H](c2ccncc2)N(Cc2ccccc2)C(=O)CN1c1ccccc1. The lowest BCUT2D eigenvalue weighted by Crippen LogP contribution is -2.55. The predicted octanol–water partition coefficient (Wildman–Crippen LogP) is 3.20. The number of nitrogens with zero attached hydrogens (tertiary/aromatic N) is 3. The van der Waals surface area contributed by atoms with Gasteiger partial charge >= 0.3 is 0 Å². The van der Waals surface area contributed by atoms with Crippen molar-refractivity contribution in [2.24, 2.45) is 0 Å². The van der Waals surface area contributed by atoms with E-state index in [4.69, 9.17) is 0 Å². The highest BCUT2D eigenvalue weighted by molar-refractivity contribution is 6.06. The molecule has 2 heterocycles. The molecule has 1 saturated heterocycles. The summed E-state index contributed by atoms with van der Waals surface area (Å²) in [7, 11) is 0. The van der Waals surface area contributed by atoms with E-state index in [1.807, 2.05) is 60.7 Å². The average molecular weight is 357 g/mol. The lowest BCUT2D eigenvalue weighted by atomic mass is 10.0. The molecule has 1 atom stereocenters. The molecule has 4 rings (SSSR count). The van der Waals surface area contributed by atoms with Crippen molar-refractivity contribution in [2.75, 3.05) is 11.4 Å². The third kappa shape index (κ3) is 3.44. The smallest absolute Gasteiger partial charge is 0.254 e. The van der Waals surface area contributed by atoms with Crippen LogP contribution in [0.1, 0.15) is 17.2 Å². The number of amides is 2. The summed E-state index contributed by atoms with van der Waals surface area (Å²) in [6.07, 6.45) is 3.30. The molecule has 0 aliphatic carbocycles. The van der Waals surface area contributed by atoms with Gasteiger partial charge in [-0.25, -0.2) is 0 Å². The van der Waals surface area contributed by atoms with Crippen LogP contribution < -0.4 is 4.90 Å². The largest absolute Gasteiger partial charge is 0.321 e. The summed E-state index contributed by atoms with van der Waals surface area (Å²) in [5.41, 5.74) is 2.49. The molecule has 2 aromatic carbocycles. The van der Waals surface area contributed by atoms with Crippen molar-refractivity contribution in [3.8, 4) is 0 Å². The van der Waals surface area contributed by atoms with E-state index in [2.05, 4.69) is 4.98 Å². The number of benzene rings is 2. The summed E-state index contributed by atoms with van der Waals surface area (Å²) in [4.78, 5) is 33.7. The Morgan fingerprint density at radius 1 is 0.852 bits per heavy atom. The summed E-state index contributed by atoms with van der Waals surface area (Å²) in [5, 5.41) is 0. The number of piperazine rings is 1. The van der Waals surface area contributed by atoms with Gasteiger partial charge < -0.3 is 9.80 Å². The van der Waals surface area contributed by atoms with Crippen LogP contribution in [0, 0.1) is 0 Å². The molecule has 0 saturated carbocycles. The van der Waals surface area contributed by atoms with Crippen molar-refractivity contribution in [1.82, 2.24) is 9.88 Å². The van der Waals surface area contributed by atoms with Crippen molar-refractivity contribution >= 4 is 17.5 Å². The van der Waals surface area contributed by atoms with Gasteiger partial charge in [-0.15, -0.1) is 0 Å². The van der Waals surface area contributed by atoms with Crippen LogP contribution in [0.15, 0.2) is 85.2 Å². The fourth-order valence-corrected chi connectivity index (χ4v) is 3.38. The molecule has 1 aliphatic heterocycles. The highest BCUT2D eigenvalue weighted by Gasteiger charge is 2.40. The van der Waals surface area contributed by atoms with Gasteiger partial charge in [0.05, 0.1) is 0 Å². The first-order valence-electron chi connectivity index (χ1n) is 8.84. The normalized spacial score (nSPS) is 17.3. The van der Waals surface area contributed by atoms with Gasteiger partial charge in [-0.1, -0.05) is 48.5 Å². The molecule has 1 fully saturated rings. The minimum absolute atomic E-state index is 0.0390. The molecule has 0 N–H and O–H groups in total. The minimum atomic E-state index is -0.672. The average Bonchev–Trinajstić information content (AvgIpc) is 2.73. The second-order valence-electron chi connectivity index (χ2n) is 6.45. The number of rotatable bonds is 4. The monoisotopic (exact) mass is 357 g/mol. The fraction of sp³-hybridized carbons (Fsp3) is 0.136. The van der Waals surface area contributed by atoms with Gasteiger partial charge in [-0.3, -0.25) is 14.6 Å². The van der Waals surface area contributed by atoms with E-state index in [9.17, 15) is 9.59 Å². The zero-order valence-corrected chi connectivity index (χ0v) is 14.7. The molecule has 0 bridgehead atoms. The van der Waals surface area contributed by atoms with Gasteiger partial charge in [0.1, 0.15) is 12.6 Å². The Labute approximate surface area is 157 Å². The molecule has 134 valence electrons. The zero-order chi connectivity index (χ0) is 18.6. The minimum Gasteiger partial charge on any atom is -0.321 e. The van der Waals surface area contributed by atoms with Gasteiger partial charge in [-0.05, 0) is 35.4 Å². The van der Waals surface area contributed by atoms with Crippen molar-refractivity contribution < 1.29 is 9.59 Å². The van der Waals surface area contributed by atoms with Crippen molar-refractivity contribution in [3.05, 3.63) is 96.3 Å². The summed E-state index contributed by atoms with van der Waals surface area (Å²) in [6, 6.07) is 22.0. The van der Waals surface area contributed by atoms with Crippen LogP contribution in [-0.2, 0) is 16.1 Å². The Morgan fingerprint density at radius 3 is 2.15 bits per heavy atom. The summed E-state index contributed by atoms with van der Waals surface area (Å²) < 4.78 is 0. The van der Waals surface area contributed by atoms with Crippen LogP contribution in [0.4, 0.5) is 5.69 Å². The highest BCUT2D eigenvalue weighted by Crippen LogP contribution is 2.31. The first kappa shape index (κ1) is 17.0. The quantitative estimate of drug-likeness (QED) is 0.720. The second kappa shape index (κ2) is 7.41. The summed E-state index contributed by atoms with van der Waals surface area (Å²) in [5.74, 6) is -0.188. The lowest BCUT2D eigenvalue weighted by molar-refractivity contribution is -0.144. The number of pyridine rings is 1. The first-order valence-corrected chi connectivity index (χ1v) is 8.84. The molecule has 5 nitrogen and oxygen atoms in total. The van der Waals surface area contributed by atoms with Crippen LogP contribution in [0.2, 0.25) is 0 Å². The number of para-hydroxylation sites is 1. The molecular formula is C22H19N3O2. The highest BCUT2D eigenvalue weighted by atomic mass is 16.2. The number of carbonyl (C=O) groups excluding carboxylic acids is 2. The summed E-state index contributed by atoms with van der Waals surface area (Å²) in [6.45, 7) is 0.429. The predicted molar refractivity (Wildman–Crippen MR) is 103 cm³/mol. The maximum atomic E-state index is 13.4. The Morgan fingerprint density at radius 2 is 1.48 bits per heavy atom. The standard InChI is InChI=1S/C22H19N3O2/c26-20-16-24(19-9-5-2-6-10-19)22(27)21(18-11-13-23-14-12-18)25(20)15-17-7-3-1-4-8-17/h1-14,21H,15-16H2/t21-/m1/s1. The summed E-state index contributed by atoms with van der Waals surface area (Å²) >= 11 is 0. The number of anilines is 1. The van der Waals surface area contributed by atoms with Gasteiger partial charge in [0.15, 0.2) is 0 Å². The molecule has 0 unspecified atom stereocenters. The number of aromatic nitrogens is 1. The van der Waals surface area contributed by atoms with Crippen LogP contribution in [0.25, 0.3) is 0 Å². The topological polar surface area (TPSA) is 53.5 Å². The van der Waals surface area contributed by atoms with E-state index in [0.717, 1.165) is 16.8 Å².